The normalized spacial score (nSPS) is 10.3. The molecule has 1 heterocycles. The number of nitrogens with two attached hydrogens (primary N) is 1. The van der Waals surface area contributed by atoms with Crippen molar-refractivity contribution in [1.29, 1.82) is 0 Å². The lowest BCUT2D eigenvalue weighted by atomic mass is 10.1. The molecule has 0 aliphatic carbocycles. The maximum Gasteiger partial charge on any atom is 0.0730 e. The SMILES string of the molecule is Nc1cn[nH]c1CCc1ccccc1. The van der Waals surface area contributed by atoms with Crippen LogP contribution in [0.15, 0.2) is 36.5 Å². The van der Waals surface area contributed by atoms with Crippen LogP contribution in [0.1, 0.15) is 11.3 Å². The molecule has 0 aliphatic rings. The molecule has 0 spiro atoms. The van der Waals surface area contributed by atoms with Gasteiger partial charge in [-0.1, -0.05) is 30.3 Å². The number of benzene rings is 1. The van der Waals surface area contributed by atoms with Crippen molar-refractivity contribution in [1.82, 2.24) is 10.2 Å². The Morgan fingerprint density at radius 1 is 1.14 bits per heavy atom. The largest absolute Gasteiger partial charge is 0.396 e. The summed E-state index contributed by atoms with van der Waals surface area (Å²) in [6.07, 6.45) is 3.56. The number of nitrogens with zero attached hydrogens (tertiary/aromatic N) is 1. The molecule has 0 fully saturated rings. The summed E-state index contributed by atoms with van der Waals surface area (Å²) in [4.78, 5) is 0. The van der Waals surface area contributed by atoms with Crippen LogP contribution in [0.3, 0.4) is 0 Å². The van der Waals surface area contributed by atoms with E-state index in [9.17, 15) is 0 Å². The third kappa shape index (κ3) is 1.93. The minimum atomic E-state index is 0.751. The molecule has 72 valence electrons. The average Bonchev–Trinajstić information content (AvgIpc) is 2.63. The third-order valence-electron chi connectivity index (χ3n) is 2.26. The Balaban J connectivity index is 1.99. The van der Waals surface area contributed by atoms with Gasteiger partial charge in [0.15, 0.2) is 0 Å². The minimum Gasteiger partial charge on any atom is -0.396 e. The zero-order valence-electron chi connectivity index (χ0n) is 7.90. The zero-order valence-corrected chi connectivity index (χ0v) is 7.90. The number of aryl methyl sites for hydroxylation is 2. The Bertz CT molecular complexity index is 392. The molecule has 0 atom stereocenters. The number of hydrogen-bond donors (Lipinski definition) is 2. The number of H-pyrrole nitrogens is 1. The van der Waals surface area contributed by atoms with E-state index in [1.54, 1.807) is 6.20 Å². The summed E-state index contributed by atoms with van der Waals surface area (Å²) in [6, 6.07) is 10.4. The molecule has 2 rings (SSSR count). The van der Waals surface area contributed by atoms with Gasteiger partial charge in [-0.2, -0.15) is 5.10 Å². The van der Waals surface area contributed by atoms with Crippen molar-refractivity contribution in [2.75, 3.05) is 5.73 Å². The standard InChI is InChI=1S/C11H13N3/c12-10-8-13-14-11(10)7-6-9-4-2-1-3-5-9/h1-5,8H,6-7,12H2,(H,13,14). The monoisotopic (exact) mass is 187 g/mol. The van der Waals surface area contributed by atoms with Crippen LogP contribution < -0.4 is 5.73 Å². The molecular formula is C11H13N3. The van der Waals surface area contributed by atoms with Crippen LogP contribution in [0, 0.1) is 0 Å². The number of anilines is 1. The first-order valence-electron chi connectivity index (χ1n) is 4.68. The maximum atomic E-state index is 5.71. The summed E-state index contributed by atoms with van der Waals surface area (Å²) in [5, 5.41) is 6.78. The number of aromatic amines is 1. The maximum absolute atomic E-state index is 5.71. The summed E-state index contributed by atoms with van der Waals surface area (Å²) >= 11 is 0. The smallest absolute Gasteiger partial charge is 0.0730 e. The van der Waals surface area contributed by atoms with Gasteiger partial charge in [-0.3, -0.25) is 5.10 Å². The zero-order chi connectivity index (χ0) is 9.80. The summed E-state index contributed by atoms with van der Waals surface area (Å²) in [6.45, 7) is 0. The molecule has 14 heavy (non-hydrogen) atoms. The Labute approximate surface area is 83.0 Å². The molecule has 3 N–H and O–H groups in total. The van der Waals surface area contributed by atoms with Gasteiger partial charge in [-0.25, -0.2) is 0 Å². The van der Waals surface area contributed by atoms with E-state index in [0.717, 1.165) is 24.2 Å². The lowest BCUT2D eigenvalue weighted by molar-refractivity contribution is 0.894. The van der Waals surface area contributed by atoms with Gasteiger partial charge in [0, 0.05) is 0 Å². The summed E-state index contributed by atoms with van der Waals surface area (Å²) in [7, 11) is 0. The fourth-order valence-electron chi connectivity index (χ4n) is 1.44. The van der Waals surface area contributed by atoms with Crippen LogP contribution in [0.25, 0.3) is 0 Å². The van der Waals surface area contributed by atoms with Gasteiger partial charge in [0.1, 0.15) is 0 Å². The number of aromatic nitrogens is 2. The van der Waals surface area contributed by atoms with E-state index >= 15 is 0 Å². The van der Waals surface area contributed by atoms with Gasteiger partial charge in [-0.05, 0) is 18.4 Å². The lowest BCUT2D eigenvalue weighted by Gasteiger charge is -1.99. The van der Waals surface area contributed by atoms with Gasteiger partial charge in [0.25, 0.3) is 0 Å². The first kappa shape index (κ1) is 8.81. The quantitative estimate of drug-likeness (QED) is 0.769. The average molecular weight is 187 g/mol. The molecule has 0 saturated heterocycles. The highest BCUT2D eigenvalue weighted by Gasteiger charge is 2.00. The van der Waals surface area contributed by atoms with Crippen LogP contribution >= 0.6 is 0 Å². The highest BCUT2D eigenvalue weighted by molar-refractivity contribution is 5.40. The fraction of sp³-hybridized carbons (Fsp3) is 0.182. The van der Waals surface area contributed by atoms with E-state index in [2.05, 4.69) is 22.3 Å². The molecule has 0 saturated carbocycles. The topological polar surface area (TPSA) is 54.7 Å². The summed E-state index contributed by atoms with van der Waals surface area (Å²) < 4.78 is 0. The van der Waals surface area contributed by atoms with Crippen molar-refractivity contribution in [3.05, 3.63) is 47.8 Å². The molecule has 0 radical (unpaired) electrons. The minimum absolute atomic E-state index is 0.751. The Hall–Kier alpha value is -1.77. The van der Waals surface area contributed by atoms with Gasteiger partial charge in [0.05, 0.1) is 17.6 Å². The van der Waals surface area contributed by atoms with Gasteiger partial charge >= 0.3 is 0 Å². The molecule has 0 bridgehead atoms. The third-order valence-corrected chi connectivity index (χ3v) is 2.26. The van der Waals surface area contributed by atoms with Crippen molar-refractivity contribution in [3.63, 3.8) is 0 Å². The first-order valence-corrected chi connectivity index (χ1v) is 4.68. The number of nitrogen functional groups attached to an aromatic ring is 1. The summed E-state index contributed by atoms with van der Waals surface area (Å²) in [5.41, 5.74) is 8.80. The molecule has 1 aromatic heterocycles. The van der Waals surface area contributed by atoms with Gasteiger partial charge in [-0.15, -0.1) is 0 Å². The molecule has 2 aromatic rings. The first-order chi connectivity index (χ1) is 6.86. The van der Waals surface area contributed by atoms with Crippen LogP contribution in [0.5, 0.6) is 0 Å². The molecule has 3 heteroatoms. The van der Waals surface area contributed by atoms with E-state index in [0.29, 0.717) is 0 Å². The Morgan fingerprint density at radius 3 is 2.57 bits per heavy atom. The molecule has 3 nitrogen and oxygen atoms in total. The molecule has 0 amide bonds. The second-order valence-corrected chi connectivity index (χ2v) is 3.29. The second kappa shape index (κ2) is 3.96. The molecule has 0 unspecified atom stereocenters. The van der Waals surface area contributed by atoms with Gasteiger partial charge < -0.3 is 5.73 Å². The van der Waals surface area contributed by atoms with E-state index in [-0.39, 0.29) is 0 Å². The summed E-state index contributed by atoms with van der Waals surface area (Å²) in [5.74, 6) is 0. The molecular weight excluding hydrogens is 174 g/mol. The van der Waals surface area contributed by atoms with Crippen LogP contribution in [-0.2, 0) is 12.8 Å². The molecule has 0 aliphatic heterocycles. The van der Waals surface area contributed by atoms with Crippen molar-refractivity contribution < 1.29 is 0 Å². The van der Waals surface area contributed by atoms with E-state index in [4.69, 9.17) is 5.73 Å². The van der Waals surface area contributed by atoms with Crippen molar-refractivity contribution >= 4 is 5.69 Å². The van der Waals surface area contributed by atoms with Crippen LogP contribution in [0.2, 0.25) is 0 Å². The highest BCUT2D eigenvalue weighted by atomic mass is 15.1. The van der Waals surface area contributed by atoms with Crippen LogP contribution in [-0.4, -0.2) is 10.2 Å². The van der Waals surface area contributed by atoms with Crippen molar-refractivity contribution in [2.24, 2.45) is 0 Å². The van der Waals surface area contributed by atoms with E-state index in [1.165, 1.54) is 5.56 Å². The Morgan fingerprint density at radius 2 is 1.93 bits per heavy atom. The number of hydrogen-bond acceptors (Lipinski definition) is 2. The highest BCUT2D eigenvalue weighted by Crippen LogP contribution is 2.10. The van der Waals surface area contributed by atoms with Crippen molar-refractivity contribution in [3.8, 4) is 0 Å². The predicted molar refractivity (Wildman–Crippen MR) is 56.9 cm³/mol. The molecule has 1 aromatic carbocycles. The lowest BCUT2D eigenvalue weighted by Crippen LogP contribution is -1.95. The predicted octanol–water partition coefficient (Wildman–Crippen LogP) is 1.78. The fourth-order valence-corrected chi connectivity index (χ4v) is 1.44. The second-order valence-electron chi connectivity index (χ2n) is 3.29. The van der Waals surface area contributed by atoms with Crippen molar-refractivity contribution in [2.45, 2.75) is 12.8 Å². The van der Waals surface area contributed by atoms with Crippen LogP contribution in [0.4, 0.5) is 5.69 Å². The number of rotatable bonds is 3. The number of nitrogens with one attached hydrogen (secondary N) is 1. The van der Waals surface area contributed by atoms with Gasteiger partial charge in [0.2, 0.25) is 0 Å². The van der Waals surface area contributed by atoms with E-state index < -0.39 is 0 Å². The van der Waals surface area contributed by atoms with E-state index in [1.807, 2.05) is 18.2 Å². The Kier molecular flexibility index (Phi) is 2.49.